The molecular weight excluding hydrogens is 349 g/mol. The maximum Gasteiger partial charge on any atom is 0.321 e. The molecule has 3 aliphatic heterocycles. The molecule has 3 heterocycles. The summed E-state index contributed by atoms with van der Waals surface area (Å²) in [4.78, 5) is 29.6. The molecule has 146 valence electrons. The van der Waals surface area contributed by atoms with Crippen molar-refractivity contribution in [2.24, 2.45) is 5.41 Å². The Balaban J connectivity index is 1.43. The zero-order chi connectivity index (χ0) is 18.9. The third-order valence-corrected chi connectivity index (χ3v) is 6.16. The van der Waals surface area contributed by atoms with Gasteiger partial charge in [-0.05, 0) is 44.2 Å². The zero-order valence-electron chi connectivity index (χ0n) is 15.5. The molecule has 1 atom stereocenters. The van der Waals surface area contributed by atoms with Crippen molar-refractivity contribution in [1.82, 2.24) is 9.80 Å². The highest BCUT2D eigenvalue weighted by Crippen LogP contribution is 2.41. The summed E-state index contributed by atoms with van der Waals surface area (Å²) in [7, 11) is 0. The minimum absolute atomic E-state index is 0.169. The van der Waals surface area contributed by atoms with E-state index in [1.807, 2.05) is 4.90 Å². The molecule has 3 aliphatic rings. The second-order valence-electron chi connectivity index (χ2n) is 7.81. The van der Waals surface area contributed by atoms with Gasteiger partial charge in [0, 0.05) is 38.9 Å². The van der Waals surface area contributed by atoms with Gasteiger partial charge >= 0.3 is 6.03 Å². The average Bonchev–Trinajstić information content (AvgIpc) is 3.12. The number of hydrogen-bond donors (Lipinski definition) is 1. The molecule has 3 saturated heterocycles. The number of halogens is 1. The van der Waals surface area contributed by atoms with Crippen LogP contribution in [0.3, 0.4) is 0 Å². The van der Waals surface area contributed by atoms with Crippen molar-refractivity contribution >= 4 is 17.6 Å². The number of likely N-dealkylation sites (tertiary alicyclic amines) is 2. The quantitative estimate of drug-likeness (QED) is 0.865. The number of nitrogens with one attached hydrogen (secondary N) is 1. The third kappa shape index (κ3) is 3.52. The predicted octanol–water partition coefficient (Wildman–Crippen LogP) is 2.85. The number of nitrogens with zero attached hydrogens (tertiary/aromatic N) is 2. The Hall–Kier alpha value is -2.15. The summed E-state index contributed by atoms with van der Waals surface area (Å²) in [6.45, 7) is 3.14. The monoisotopic (exact) mass is 375 g/mol. The molecule has 1 aromatic carbocycles. The minimum atomic E-state index is -0.483. The second-order valence-corrected chi connectivity index (χ2v) is 7.81. The number of para-hydroxylation sites is 1. The molecule has 1 aromatic rings. The van der Waals surface area contributed by atoms with E-state index in [4.69, 9.17) is 4.74 Å². The van der Waals surface area contributed by atoms with Crippen LogP contribution in [0.2, 0.25) is 0 Å². The second kappa shape index (κ2) is 7.46. The summed E-state index contributed by atoms with van der Waals surface area (Å²) in [5.74, 6) is -0.277. The summed E-state index contributed by atoms with van der Waals surface area (Å²) in [6.07, 6.45) is 4.23. The Morgan fingerprint density at radius 3 is 2.74 bits per heavy atom. The van der Waals surface area contributed by atoms with Gasteiger partial charge in [0.25, 0.3) is 0 Å². The first-order valence-corrected chi connectivity index (χ1v) is 9.78. The van der Waals surface area contributed by atoms with Crippen LogP contribution in [0.4, 0.5) is 14.9 Å². The van der Waals surface area contributed by atoms with Crippen molar-refractivity contribution in [1.29, 1.82) is 0 Å². The summed E-state index contributed by atoms with van der Waals surface area (Å²) in [5, 5.41) is 2.63. The molecule has 27 heavy (non-hydrogen) atoms. The number of ether oxygens (including phenoxy) is 1. The maximum absolute atomic E-state index is 13.8. The number of carbonyl (C=O) groups is 2. The Kier molecular flexibility index (Phi) is 5.04. The van der Waals surface area contributed by atoms with Crippen LogP contribution in [-0.4, -0.2) is 60.6 Å². The van der Waals surface area contributed by atoms with E-state index >= 15 is 0 Å². The Labute approximate surface area is 158 Å². The molecule has 3 amide bonds. The third-order valence-electron chi connectivity index (χ3n) is 6.16. The van der Waals surface area contributed by atoms with Gasteiger partial charge in [0.1, 0.15) is 5.82 Å². The molecule has 1 spiro atoms. The molecule has 3 fully saturated rings. The smallest absolute Gasteiger partial charge is 0.321 e. The summed E-state index contributed by atoms with van der Waals surface area (Å²) < 4.78 is 19.2. The summed E-state index contributed by atoms with van der Waals surface area (Å²) >= 11 is 0. The van der Waals surface area contributed by atoms with Crippen molar-refractivity contribution in [3.8, 4) is 0 Å². The molecule has 1 unspecified atom stereocenters. The van der Waals surface area contributed by atoms with E-state index in [2.05, 4.69) is 5.32 Å². The molecular formula is C20H26FN3O3. The van der Waals surface area contributed by atoms with E-state index in [9.17, 15) is 14.0 Å². The van der Waals surface area contributed by atoms with Crippen LogP contribution < -0.4 is 5.32 Å². The van der Waals surface area contributed by atoms with E-state index in [0.717, 1.165) is 32.2 Å². The summed E-state index contributed by atoms with van der Waals surface area (Å²) in [5.41, 5.74) is -0.314. The van der Waals surface area contributed by atoms with Crippen molar-refractivity contribution in [3.05, 3.63) is 30.1 Å². The fraction of sp³-hybridized carbons (Fsp3) is 0.600. The van der Waals surface area contributed by atoms with Crippen molar-refractivity contribution < 1.29 is 18.7 Å². The molecule has 0 radical (unpaired) electrons. The van der Waals surface area contributed by atoms with E-state index < -0.39 is 11.2 Å². The molecule has 0 aromatic heterocycles. The number of rotatable bonds is 2. The average molecular weight is 375 g/mol. The first kappa shape index (κ1) is 18.2. The number of urea groups is 1. The molecule has 0 bridgehead atoms. The highest BCUT2D eigenvalue weighted by molar-refractivity contribution is 5.91. The summed E-state index contributed by atoms with van der Waals surface area (Å²) in [6, 6.07) is 6.04. The topological polar surface area (TPSA) is 61.9 Å². The molecule has 1 N–H and O–H groups in total. The van der Waals surface area contributed by atoms with Crippen LogP contribution in [0.25, 0.3) is 0 Å². The highest BCUT2D eigenvalue weighted by atomic mass is 19.1. The largest absolute Gasteiger partial charge is 0.381 e. The van der Waals surface area contributed by atoms with Crippen LogP contribution in [0.1, 0.15) is 32.1 Å². The normalized spacial score (nSPS) is 26.6. The Morgan fingerprint density at radius 1 is 1.19 bits per heavy atom. The molecule has 4 rings (SSSR count). The fourth-order valence-corrected chi connectivity index (χ4v) is 4.63. The standard InChI is InChI=1S/C20H26FN3O3/c21-16-4-1-2-5-17(16)22-19(26)23-11-9-20(14-23)8-3-10-24(18(20)25)15-6-12-27-13-7-15/h1-2,4-5,15H,3,6-14H2,(H,22,26). The maximum atomic E-state index is 13.8. The van der Waals surface area contributed by atoms with Crippen molar-refractivity contribution in [3.63, 3.8) is 0 Å². The first-order valence-electron chi connectivity index (χ1n) is 9.78. The lowest BCUT2D eigenvalue weighted by atomic mass is 9.77. The van der Waals surface area contributed by atoms with E-state index in [-0.39, 0.29) is 23.7 Å². The van der Waals surface area contributed by atoms with Gasteiger partial charge in [0.2, 0.25) is 5.91 Å². The van der Waals surface area contributed by atoms with E-state index in [1.54, 1.807) is 17.0 Å². The van der Waals surface area contributed by atoms with Gasteiger partial charge in [0.15, 0.2) is 0 Å². The number of hydrogen-bond acceptors (Lipinski definition) is 3. The first-order chi connectivity index (χ1) is 13.1. The van der Waals surface area contributed by atoms with Gasteiger partial charge in [-0.3, -0.25) is 4.79 Å². The van der Waals surface area contributed by atoms with Gasteiger partial charge in [-0.15, -0.1) is 0 Å². The molecule has 0 saturated carbocycles. The van der Waals surface area contributed by atoms with Crippen LogP contribution >= 0.6 is 0 Å². The van der Waals surface area contributed by atoms with Gasteiger partial charge in [-0.2, -0.15) is 0 Å². The van der Waals surface area contributed by atoms with Crippen LogP contribution in [0.5, 0.6) is 0 Å². The minimum Gasteiger partial charge on any atom is -0.381 e. The SMILES string of the molecule is O=C(Nc1ccccc1F)N1CCC2(CCCN(C3CCOCC3)C2=O)C1. The van der Waals surface area contributed by atoms with E-state index in [1.165, 1.54) is 12.1 Å². The van der Waals surface area contributed by atoms with Crippen molar-refractivity contribution in [2.45, 2.75) is 38.1 Å². The lowest BCUT2D eigenvalue weighted by molar-refractivity contribution is -0.150. The number of piperidine rings is 1. The van der Waals surface area contributed by atoms with E-state index in [0.29, 0.717) is 32.7 Å². The van der Waals surface area contributed by atoms with Crippen LogP contribution in [0, 0.1) is 11.2 Å². The number of amides is 3. The Bertz CT molecular complexity index is 722. The van der Waals surface area contributed by atoms with Crippen molar-refractivity contribution in [2.75, 3.05) is 38.2 Å². The molecule has 6 nitrogen and oxygen atoms in total. The fourth-order valence-electron chi connectivity index (χ4n) is 4.63. The highest BCUT2D eigenvalue weighted by Gasteiger charge is 2.50. The number of benzene rings is 1. The van der Waals surface area contributed by atoms with Crippen LogP contribution in [-0.2, 0) is 9.53 Å². The number of anilines is 1. The Morgan fingerprint density at radius 2 is 1.96 bits per heavy atom. The van der Waals surface area contributed by atoms with Crippen LogP contribution in [0.15, 0.2) is 24.3 Å². The van der Waals surface area contributed by atoms with Gasteiger partial charge in [-0.25, -0.2) is 9.18 Å². The zero-order valence-corrected chi connectivity index (χ0v) is 15.5. The molecule has 7 heteroatoms. The lowest BCUT2D eigenvalue weighted by Crippen LogP contribution is -2.55. The number of carbonyl (C=O) groups excluding carboxylic acids is 2. The van der Waals surface area contributed by atoms with Gasteiger partial charge in [-0.1, -0.05) is 12.1 Å². The van der Waals surface area contributed by atoms with Gasteiger partial charge in [0.05, 0.1) is 11.1 Å². The van der Waals surface area contributed by atoms with Gasteiger partial charge < -0.3 is 19.9 Å². The lowest BCUT2D eigenvalue weighted by Gasteiger charge is -2.44. The predicted molar refractivity (Wildman–Crippen MR) is 98.8 cm³/mol. The molecule has 0 aliphatic carbocycles.